The van der Waals surface area contributed by atoms with Crippen LogP contribution in [-0.4, -0.2) is 46.3 Å². The molecule has 0 amide bonds. The van der Waals surface area contributed by atoms with Gasteiger partial charge in [-0.2, -0.15) is 0 Å². The molecule has 0 bridgehead atoms. The zero-order valence-corrected chi connectivity index (χ0v) is 23.3. The number of carbonyl (C=O) groups is 2. The van der Waals surface area contributed by atoms with Crippen molar-refractivity contribution >= 4 is 23.3 Å². The van der Waals surface area contributed by atoms with Crippen molar-refractivity contribution in [3.63, 3.8) is 0 Å². The van der Waals surface area contributed by atoms with Crippen molar-refractivity contribution in [2.24, 2.45) is 0 Å². The lowest BCUT2D eigenvalue weighted by molar-refractivity contribution is 0.0591. The van der Waals surface area contributed by atoms with E-state index in [1.165, 1.54) is 25.3 Å². The highest BCUT2D eigenvalue weighted by atomic mass is 16.5. The standard InChI is InChI=1S/C34H34N2O4/c1-35-25-16-18-26(28(21-25)34(38)40-4)32-27-17-15-24(33(37)39-3)20-29(27)36(2)30(19-22-11-7-5-8-12-22)31(32)23-13-9-6-10-14-23/h5-18,20-21,30-32,35H,19H2,1-4H3/t30-,31-,32+/m0/s1. The van der Waals surface area contributed by atoms with Gasteiger partial charge >= 0.3 is 11.9 Å². The van der Waals surface area contributed by atoms with Gasteiger partial charge < -0.3 is 19.7 Å². The van der Waals surface area contributed by atoms with Crippen LogP contribution in [-0.2, 0) is 15.9 Å². The number of anilines is 2. The van der Waals surface area contributed by atoms with Gasteiger partial charge in [-0.15, -0.1) is 0 Å². The number of likely N-dealkylation sites (N-methyl/N-ethyl adjacent to an activating group) is 1. The summed E-state index contributed by atoms with van der Waals surface area (Å²) in [6.45, 7) is 0. The predicted molar refractivity (Wildman–Crippen MR) is 158 cm³/mol. The summed E-state index contributed by atoms with van der Waals surface area (Å²) in [7, 11) is 6.73. The van der Waals surface area contributed by atoms with E-state index < -0.39 is 0 Å². The van der Waals surface area contributed by atoms with Gasteiger partial charge in [0.1, 0.15) is 0 Å². The van der Waals surface area contributed by atoms with E-state index >= 15 is 0 Å². The monoisotopic (exact) mass is 534 g/mol. The minimum absolute atomic E-state index is 0.00766. The molecule has 0 spiro atoms. The molecule has 5 rings (SSSR count). The fourth-order valence-electron chi connectivity index (χ4n) is 6.03. The van der Waals surface area contributed by atoms with Crippen molar-refractivity contribution in [1.29, 1.82) is 0 Å². The number of carbonyl (C=O) groups excluding carboxylic acids is 2. The van der Waals surface area contributed by atoms with Crippen molar-refractivity contribution in [3.8, 4) is 0 Å². The van der Waals surface area contributed by atoms with Crippen LogP contribution in [0.5, 0.6) is 0 Å². The van der Waals surface area contributed by atoms with Crippen LogP contribution in [0.25, 0.3) is 0 Å². The van der Waals surface area contributed by atoms with Crippen molar-refractivity contribution in [2.75, 3.05) is 38.5 Å². The average molecular weight is 535 g/mol. The first-order valence-corrected chi connectivity index (χ1v) is 13.4. The summed E-state index contributed by atoms with van der Waals surface area (Å²) in [5.74, 6) is -0.961. The van der Waals surface area contributed by atoms with Crippen LogP contribution in [0.2, 0.25) is 0 Å². The molecular weight excluding hydrogens is 500 g/mol. The summed E-state index contributed by atoms with van der Waals surface area (Å²) in [6, 6.07) is 32.5. The van der Waals surface area contributed by atoms with Crippen LogP contribution < -0.4 is 10.2 Å². The summed E-state index contributed by atoms with van der Waals surface area (Å²) in [5, 5.41) is 3.15. The minimum Gasteiger partial charge on any atom is -0.465 e. The first kappa shape index (κ1) is 27.0. The Hall–Kier alpha value is -4.58. The quantitative estimate of drug-likeness (QED) is 0.282. The smallest absolute Gasteiger partial charge is 0.338 e. The number of hydrogen-bond acceptors (Lipinski definition) is 6. The highest BCUT2D eigenvalue weighted by Gasteiger charge is 2.43. The van der Waals surface area contributed by atoms with Gasteiger partial charge in [-0.25, -0.2) is 9.59 Å². The molecule has 0 unspecified atom stereocenters. The van der Waals surface area contributed by atoms with E-state index in [-0.39, 0.29) is 29.8 Å². The van der Waals surface area contributed by atoms with Crippen molar-refractivity contribution in [2.45, 2.75) is 24.3 Å². The molecule has 3 atom stereocenters. The number of hydrogen-bond donors (Lipinski definition) is 1. The lowest BCUT2D eigenvalue weighted by atomic mass is 9.67. The first-order valence-electron chi connectivity index (χ1n) is 13.4. The first-order chi connectivity index (χ1) is 19.5. The number of methoxy groups -OCH3 is 2. The van der Waals surface area contributed by atoms with Crippen LogP contribution in [0.1, 0.15) is 54.8 Å². The van der Waals surface area contributed by atoms with E-state index in [1.54, 1.807) is 0 Å². The number of nitrogens with one attached hydrogen (secondary N) is 1. The Morgan fingerprint density at radius 2 is 1.45 bits per heavy atom. The summed E-state index contributed by atoms with van der Waals surface area (Å²) in [6.07, 6.45) is 0.775. The summed E-state index contributed by atoms with van der Waals surface area (Å²) >= 11 is 0. The highest BCUT2D eigenvalue weighted by Crippen LogP contribution is 2.51. The maximum Gasteiger partial charge on any atom is 0.338 e. The van der Waals surface area contributed by atoms with Crippen LogP contribution in [0.3, 0.4) is 0 Å². The molecule has 1 aliphatic rings. The SMILES string of the molecule is CNc1ccc([C@@H]2c3ccc(C(=O)OC)cc3N(C)[C@@H](Cc3ccccc3)[C@@H]2c2ccccc2)c(C(=O)OC)c1. The third-order valence-corrected chi connectivity index (χ3v) is 7.99. The summed E-state index contributed by atoms with van der Waals surface area (Å²) < 4.78 is 10.3. The molecule has 1 heterocycles. The van der Waals surface area contributed by atoms with Crippen LogP contribution in [0.4, 0.5) is 11.4 Å². The van der Waals surface area contributed by atoms with E-state index in [0.29, 0.717) is 11.1 Å². The zero-order chi connectivity index (χ0) is 28.2. The molecule has 204 valence electrons. The van der Waals surface area contributed by atoms with Crippen molar-refractivity contribution in [1.82, 2.24) is 0 Å². The van der Waals surface area contributed by atoms with E-state index in [4.69, 9.17) is 9.47 Å². The normalized spacial score (nSPS) is 18.0. The zero-order valence-electron chi connectivity index (χ0n) is 23.3. The molecule has 0 radical (unpaired) electrons. The van der Waals surface area contributed by atoms with Gasteiger partial charge in [0, 0.05) is 43.3 Å². The Bertz CT molecular complexity index is 1500. The van der Waals surface area contributed by atoms with Gasteiger partial charge in [0.05, 0.1) is 25.3 Å². The molecule has 6 heteroatoms. The second-order valence-corrected chi connectivity index (χ2v) is 10.1. The Morgan fingerprint density at radius 3 is 2.10 bits per heavy atom. The Morgan fingerprint density at radius 1 is 0.800 bits per heavy atom. The Balaban J connectivity index is 1.80. The number of ether oxygens (including phenoxy) is 2. The van der Waals surface area contributed by atoms with Crippen molar-refractivity contribution < 1.29 is 19.1 Å². The topological polar surface area (TPSA) is 67.9 Å². The molecule has 0 saturated heterocycles. The van der Waals surface area contributed by atoms with Gasteiger partial charge in [-0.1, -0.05) is 72.8 Å². The molecule has 4 aromatic rings. The van der Waals surface area contributed by atoms with E-state index in [0.717, 1.165) is 28.9 Å². The van der Waals surface area contributed by atoms with Crippen LogP contribution in [0.15, 0.2) is 97.1 Å². The molecule has 0 fully saturated rings. The maximum atomic E-state index is 13.2. The van der Waals surface area contributed by atoms with Crippen molar-refractivity contribution in [3.05, 3.63) is 130 Å². The molecule has 6 nitrogen and oxygen atoms in total. The number of esters is 2. The molecule has 1 N–H and O–H groups in total. The largest absolute Gasteiger partial charge is 0.465 e. The molecule has 4 aromatic carbocycles. The average Bonchev–Trinajstić information content (AvgIpc) is 3.01. The molecule has 0 aromatic heterocycles. The second kappa shape index (κ2) is 11.7. The van der Waals surface area contributed by atoms with Gasteiger partial charge in [-0.05, 0) is 52.9 Å². The van der Waals surface area contributed by atoms with E-state index in [9.17, 15) is 9.59 Å². The fraction of sp³-hybridized carbons (Fsp3) is 0.235. The van der Waals surface area contributed by atoms with Gasteiger partial charge in [0.15, 0.2) is 0 Å². The number of nitrogens with zero attached hydrogens (tertiary/aromatic N) is 1. The highest BCUT2D eigenvalue weighted by molar-refractivity contribution is 5.94. The molecular formula is C34H34N2O4. The Kier molecular flexibility index (Phi) is 7.87. The second-order valence-electron chi connectivity index (χ2n) is 10.1. The summed E-state index contributed by atoms with van der Waals surface area (Å²) in [5.41, 5.74) is 7.09. The summed E-state index contributed by atoms with van der Waals surface area (Å²) in [4.78, 5) is 28.0. The third kappa shape index (κ3) is 5.05. The molecule has 1 aliphatic heterocycles. The molecule has 0 aliphatic carbocycles. The predicted octanol–water partition coefficient (Wildman–Crippen LogP) is 6.28. The number of rotatable bonds is 7. The maximum absolute atomic E-state index is 13.2. The minimum atomic E-state index is -0.384. The fourth-order valence-corrected chi connectivity index (χ4v) is 6.03. The number of benzene rings is 4. The third-order valence-electron chi connectivity index (χ3n) is 7.99. The van der Waals surface area contributed by atoms with Gasteiger partial charge in [0.25, 0.3) is 0 Å². The molecule has 40 heavy (non-hydrogen) atoms. The van der Waals surface area contributed by atoms with Crippen LogP contribution in [0, 0.1) is 0 Å². The lowest BCUT2D eigenvalue weighted by Crippen LogP contribution is -2.45. The number of fused-ring (bicyclic) bond motifs is 1. The lowest BCUT2D eigenvalue weighted by Gasteiger charge is -2.47. The molecule has 0 saturated carbocycles. The van der Waals surface area contributed by atoms with Gasteiger partial charge in [-0.3, -0.25) is 0 Å². The Labute approximate surface area is 235 Å². The van der Waals surface area contributed by atoms with E-state index in [1.807, 2.05) is 55.6 Å². The van der Waals surface area contributed by atoms with Crippen LogP contribution >= 0.6 is 0 Å². The van der Waals surface area contributed by atoms with Gasteiger partial charge in [0.2, 0.25) is 0 Å². The van der Waals surface area contributed by atoms with E-state index in [2.05, 4.69) is 65.8 Å².